The van der Waals surface area contributed by atoms with E-state index >= 15 is 0 Å². The van der Waals surface area contributed by atoms with Gasteiger partial charge < -0.3 is 0 Å². The van der Waals surface area contributed by atoms with Gasteiger partial charge in [-0.05, 0) is 60.7 Å². The van der Waals surface area contributed by atoms with E-state index in [0.717, 1.165) is 41.4 Å². The second kappa shape index (κ2) is 8.74. The first kappa shape index (κ1) is 18.3. The Balaban J connectivity index is 1.67. The van der Waals surface area contributed by atoms with Crippen LogP contribution in [0.1, 0.15) is 98.8 Å². The van der Waals surface area contributed by atoms with Gasteiger partial charge in [-0.15, -0.1) is 0 Å². The predicted molar refractivity (Wildman–Crippen MR) is 99.0 cm³/mol. The summed E-state index contributed by atoms with van der Waals surface area (Å²) in [7, 11) is 0. The Labute approximate surface area is 140 Å². The topological polar surface area (TPSA) is 0 Å². The van der Waals surface area contributed by atoms with Crippen molar-refractivity contribution in [3.05, 3.63) is 0 Å². The van der Waals surface area contributed by atoms with Crippen molar-refractivity contribution in [1.29, 1.82) is 0 Å². The van der Waals surface area contributed by atoms with Gasteiger partial charge in [0.25, 0.3) is 0 Å². The van der Waals surface area contributed by atoms with Gasteiger partial charge in [-0.1, -0.05) is 79.6 Å². The highest BCUT2D eigenvalue weighted by Gasteiger charge is 2.48. The molecule has 0 aromatic rings. The summed E-state index contributed by atoms with van der Waals surface area (Å²) in [6.07, 6.45) is 14.8. The van der Waals surface area contributed by atoms with E-state index in [9.17, 15) is 0 Å². The average molecular weight is 307 g/mol. The van der Waals surface area contributed by atoms with Crippen LogP contribution in [0.5, 0.6) is 0 Å². The quantitative estimate of drug-likeness (QED) is 0.396. The summed E-state index contributed by atoms with van der Waals surface area (Å²) in [4.78, 5) is 0. The lowest BCUT2D eigenvalue weighted by molar-refractivity contribution is 0.346. The van der Waals surface area contributed by atoms with Crippen molar-refractivity contribution in [1.82, 2.24) is 0 Å². The molecule has 2 aliphatic carbocycles. The second-order valence-electron chi connectivity index (χ2n) is 9.12. The highest BCUT2D eigenvalue weighted by molar-refractivity contribution is 4.97. The van der Waals surface area contributed by atoms with Crippen LogP contribution in [0.4, 0.5) is 0 Å². The van der Waals surface area contributed by atoms with E-state index < -0.39 is 0 Å². The van der Waals surface area contributed by atoms with Gasteiger partial charge in [0.1, 0.15) is 0 Å². The largest absolute Gasteiger partial charge is 0.0654 e. The molecule has 2 aliphatic rings. The first-order valence-corrected chi connectivity index (χ1v) is 10.6. The molecule has 2 rings (SSSR count). The van der Waals surface area contributed by atoms with Crippen molar-refractivity contribution in [3.63, 3.8) is 0 Å². The summed E-state index contributed by atoms with van der Waals surface area (Å²) in [5.74, 6) is 7.33. The summed E-state index contributed by atoms with van der Waals surface area (Å²) in [6.45, 7) is 12.2. The molecule has 0 radical (unpaired) electrons. The van der Waals surface area contributed by atoms with Gasteiger partial charge in [0, 0.05) is 0 Å². The van der Waals surface area contributed by atoms with Gasteiger partial charge in [0.15, 0.2) is 0 Å². The van der Waals surface area contributed by atoms with Gasteiger partial charge in [-0.3, -0.25) is 0 Å². The zero-order valence-corrected chi connectivity index (χ0v) is 16.1. The predicted octanol–water partition coefficient (Wildman–Crippen LogP) is 7.33. The van der Waals surface area contributed by atoms with Crippen molar-refractivity contribution in [3.8, 4) is 0 Å². The van der Waals surface area contributed by atoms with Crippen LogP contribution >= 0.6 is 0 Å². The molecule has 0 aromatic carbocycles. The fourth-order valence-corrected chi connectivity index (χ4v) is 5.61. The number of rotatable bonds is 10. The van der Waals surface area contributed by atoms with E-state index in [-0.39, 0.29) is 0 Å². The van der Waals surface area contributed by atoms with Crippen LogP contribution in [-0.2, 0) is 0 Å². The molecule has 0 aliphatic heterocycles. The minimum absolute atomic E-state index is 0.959. The molecule has 0 nitrogen and oxygen atoms in total. The van der Waals surface area contributed by atoms with Crippen LogP contribution in [0.2, 0.25) is 0 Å². The van der Waals surface area contributed by atoms with E-state index in [1.165, 1.54) is 44.9 Å². The third-order valence-corrected chi connectivity index (χ3v) is 7.11. The first-order valence-electron chi connectivity index (χ1n) is 10.6. The maximum Gasteiger partial charge on any atom is -0.0352 e. The summed E-state index contributed by atoms with van der Waals surface area (Å²) >= 11 is 0. The van der Waals surface area contributed by atoms with E-state index in [1.54, 1.807) is 19.3 Å². The van der Waals surface area contributed by atoms with Crippen molar-refractivity contribution >= 4 is 0 Å². The zero-order chi connectivity index (χ0) is 16.1. The number of hydrogen-bond donors (Lipinski definition) is 0. The van der Waals surface area contributed by atoms with Crippen LogP contribution in [-0.4, -0.2) is 0 Å². The Bertz CT molecular complexity index is 307. The molecule has 0 heteroatoms. The minimum atomic E-state index is 0.959. The van der Waals surface area contributed by atoms with E-state index in [1.807, 2.05) is 0 Å². The highest BCUT2D eigenvalue weighted by atomic mass is 14.5. The Hall–Kier alpha value is 0. The normalized spacial score (nSPS) is 37.2. The molecule has 0 saturated heterocycles. The van der Waals surface area contributed by atoms with Crippen molar-refractivity contribution in [2.45, 2.75) is 98.8 Å². The van der Waals surface area contributed by atoms with Crippen molar-refractivity contribution in [2.24, 2.45) is 41.4 Å². The van der Waals surface area contributed by atoms with Gasteiger partial charge in [-0.2, -0.15) is 0 Å². The number of hydrogen-bond acceptors (Lipinski definition) is 0. The lowest BCUT2D eigenvalue weighted by Crippen LogP contribution is -2.06. The maximum absolute atomic E-state index is 2.55. The van der Waals surface area contributed by atoms with Gasteiger partial charge in [0.2, 0.25) is 0 Å². The molecule has 2 saturated carbocycles. The molecule has 7 atom stereocenters. The Kier molecular flexibility index (Phi) is 7.29. The lowest BCUT2D eigenvalue weighted by Gasteiger charge is -2.17. The van der Waals surface area contributed by atoms with Crippen molar-refractivity contribution < 1.29 is 0 Å². The van der Waals surface area contributed by atoms with E-state index in [4.69, 9.17) is 0 Å². The molecule has 0 amide bonds. The fraction of sp³-hybridized carbons (Fsp3) is 1.00. The molecule has 7 unspecified atom stereocenters. The second-order valence-corrected chi connectivity index (χ2v) is 9.12. The van der Waals surface area contributed by atoms with Crippen LogP contribution in [0.25, 0.3) is 0 Å². The van der Waals surface area contributed by atoms with Crippen LogP contribution in [0, 0.1) is 41.4 Å². The van der Waals surface area contributed by atoms with E-state index in [0.29, 0.717) is 0 Å². The molecule has 130 valence electrons. The van der Waals surface area contributed by atoms with Gasteiger partial charge in [0.05, 0.1) is 0 Å². The maximum atomic E-state index is 2.55. The summed E-state index contributed by atoms with van der Waals surface area (Å²) in [6, 6.07) is 0. The first-order chi connectivity index (χ1) is 10.6. The Morgan fingerprint density at radius 1 is 0.909 bits per heavy atom. The molecule has 2 fully saturated rings. The zero-order valence-electron chi connectivity index (χ0n) is 16.1. The van der Waals surface area contributed by atoms with Crippen molar-refractivity contribution in [2.75, 3.05) is 0 Å². The third kappa shape index (κ3) is 5.00. The fourth-order valence-electron chi connectivity index (χ4n) is 5.61. The Morgan fingerprint density at radius 2 is 1.64 bits per heavy atom. The summed E-state index contributed by atoms with van der Waals surface area (Å²) in [5, 5.41) is 0. The van der Waals surface area contributed by atoms with Crippen LogP contribution in [0.3, 0.4) is 0 Å². The molecule has 0 spiro atoms. The SMILES string of the molecule is CCCC(C)CCCC1CC(C2CC2C(C)CCC)CC1C. The molecular formula is C22H42. The molecular weight excluding hydrogens is 264 g/mol. The van der Waals surface area contributed by atoms with Crippen LogP contribution in [0.15, 0.2) is 0 Å². The molecule has 0 N–H and O–H groups in total. The standard InChI is InChI=1S/C22H42/c1-6-9-16(3)11-8-12-19-14-20(13-18(19)5)22-15-21(22)17(4)10-7-2/h16-22H,6-15H2,1-5H3. The monoisotopic (exact) mass is 306 g/mol. The third-order valence-electron chi connectivity index (χ3n) is 7.11. The minimum Gasteiger partial charge on any atom is -0.0654 e. The molecule has 22 heavy (non-hydrogen) atoms. The molecule has 0 bridgehead atoms. The lowest BCUT2D eigenvalue weighted by atomic mass is 9.89. The average Bonchev–Trinajstić information content (AvgIpc) is 3.19. The van der Waals surface area contributed by atoms with E-state index in [2.05, 4.69) is 34.6 Å². The summed E-state index contributed by atoms with van der Waals surface area (Å²) < 4.78 is 0. The smallest absolute Gasteiger partial charge is 0.0352 e. The molecule has 0 aromatic heterocycles. The van der Waals surface area contributed by atoms with Gasteiger partial charge in [-0.25, -0.2) is 0 Å². The highest BCUT2D eigenvalue weighted by Crippen LogP contribution is 2.56. The summed E-state index contributed by atoms with van der Waals surface area (Å²) in [5.41, 5.74) is 0. The molecule has 0 heterocycles. The van der Waals surface area contributed by atoms with Crippen LogP contribution < -0.4 is 0 Å². The Morgan fingerprint density at radius 3 is 2.32 bits per heavy atom. The van der Waals surface area contributed by atoms with Gasteiger partial charge >= 0.3 is 0 Å².